The Bertz CT molecular complexity index is 411. The maximum Gasteiger partial charge on any atom is 0.119 e. The number of aliphatic hydroxyl groups is 1. The molecule has 2 atom stereocenters. The van der Waals surface area contributed by atoms with Crippen LogP contribution in [0.25, 0.3) is 0 Å². The van der Waals surface area contributed by atoms with Gasteiger partial charge in [-0.05, 0) is 31.5 Å². The van der Waals surface area contributed by atoms with Crippen molar-refractivity contribution < 1.29 is 9.84 Å². The summed E-state index contributed by atoms with van der Waals surface area (Å²) in [7, 11) is 1.68. The van der Waals surface area contributed by atoms with Crippen molar-refractivity contribution in [3.63, 3.8) is 0 Å². The van der Waals surface area contributed by atoms with Crippen LogP contribution in [0.1, 0.15) is 34.1 Å². The van der Waals surface area contributed by atoms with Crippen molar-refractivity contribution >= 4 is 11.8 Å². The van der Waals surface area contributed by atoms with E-state index < -0.39 is 0 Å². The number of hydrogen-bond donors (Lipinski definition) is 2. The molecule has 114 valence electrons. The minimum atomic E-state index is -0.237. The Labute approximate surface area is 127 Å². The number of benzene rings is 1. The second-order valence-corrected chi connectivity index (χ2v) is 7.34. The smallest absolute Gasteiger partial charge is 0.119 e. The third-order valence-corrected chi connectivity index (χ3v) is 4.20. The van der Waals surface area contributed by atoms with Gasteiger partial charge < -0.3 is 15.2 Å². The number of nitrogens with one attached hydrogen (secondary N) is 1. The van der Waals surface area contributed by atoms with E-state index >= 15 is 0 Å². The number of rotatable bonds is 8. The summed E-state index contributed by atoms with van der Waals surface area (Å²) < 4.78 is 5.25. The topological polar surface area (TPSA) is 41.5 Å². The van der Waals surface area contributed by atoms with Crippen molar-refractivity contribution in [1.82, 2.24) is 5.32 Å². The van der Waals surface area contributed by atoms with Gasteiger partial charge in [0.1, 0.15) is 5.75 Å². The van der Waals surface area contributed by atoms with Gasteiger partial charge in [-0.3, -0.25) is 0 Å². The van der Waals surface area contributed by atoms with Gasteiger partial charge in [0.2, 0.25) is 0 Å². The molecule has 0 aliphatic heterocycles. The van der Waals surface area contributed by atoms with Gasteiger partial charge in [-0.1, -0.05) is 26.8 Å². The van der Waals surface area contributed by atoms with Crippen LogP contribution in [-0.4, -0.2) is 35.7 Å². The summed E-state index contributed by atoms with van der Waals surface area (Å²) >= 11 is 1.81. The van der Waals surface area contributed by atoms with E-state index in [0.29, 0.717) is 11.3 Å². The second kappa shape index (κ2) is 7.91. The van der Waals surface area contributed by atoms with Crippen LogP contribution >= 0.6 is 11.8 Å². The van der Waals surface area contributed by atoms with Crippen molar-refractivity contribution in [3.8, 4) is 5.75 Å². The van der Waals surface area contributed by atoms with Crippen molar-refractivity contribution in [3.05, 3.63) is 24.3 Å². The van der Waals surface area contributed by atoms with E-state index in [-0.39, 0.29) is 12.1 Å². The first-order valence-electron chi connectivity index (χ1n) is 7.08. The standard InChI is InChI=1S/C16H27NO2S/c1-12(2)17-16(4,11-18)10-13(3)20-15-8-6-7-14(9-15)19-5/h6-9,12-13,17-18H,10-11H2,1-5H3. The lowest BCUT2D eigenvalue weighted by Crippen LogP contribution is -2.50. The summed E-state index contributed by atoms with van der Waals surface area (Å²) in [5.41, 5.74) is -0.237. The van der Waals surface area contributed by atoms with Gasteiger partial charge in [0.15, 0.2) is 0 Å². The highest BCUT2D eigenvalue weighted by Gasteiger charge is 2.26. The molecule has 2 unspecified atom stereocenters. The Morgan fingerprint density at radius 3 is 2.60 bits per heavy atom. The van der Waals surface area contributed by atoms with Gasteiger partial charge in [-0.15, -0.1) is 11.8 Å². The van der Waals surface area contributed by atoms with Crippen LogP contribution in [0.3, 0.4) is 0 Å². The van der Waals surface area contributed by atoms with E-state index in [1.54, 1.807) is 7.11 Å². The summed E-state index contributed by atoms with van der Waals surface area (Å²) in [6.45, 7) is 8.63. The van der Waals surface area contributed by atoms with Crippen LogP contribution in [0.4, 0.5) is 0 Å². The Hall–Kier alpha value is -0.710. The highest BCUT2D eigenvalue weighted by molar-refractivity contribution is 7.99. The van der Waals surface area contributed by atoms with E-state index in [0.717, 1.165) is 12.2 Å². The van der Waals surface area contributed by atoms with E-state index in [1.807, 2.05) is 30.0 Å². The van der Waals surface area contributed by atoms with Crippen LogP contribution < -0.4 is 10.1 Å². The predicted octanol–water partition coefficient (Wildman–Crippen LogP) is 3.31. The normalized spacial score (nSPS) is 15.9. The Kier molecular flexibility index (Phi) is 6.86. The molecule has 0 spiro atoms. The Morgan fingerprint density at radius 2 is 2.05 bits per heavy atom. The molecular formula is C16H27NO2S. The van der Waals surface area contributed by atoms with Gasteiger partial charge >= 0.3 is 0 Å². The highest BCUT2D eigenvalue weighted by Crippen LogP contribution is 2.30. The zero-order valence-electron chi connectivity index (χ0n) is 13.1. The fourth-order valence-corrected chi connectivity index (χ4v) is 3.71. The number of thioether (sulfide) groups is 1. The first kappa shape index (κ1) is 17.3. The predicted molar refractivity (Wildman–Crippen MR) is 86.7 cm³/mol. The second-order valence-electron chi connectivity index (χ2n) is 5.83. The molecule has 4 heteroatoms. The minimum Gasteiger partial charge on any atom is -0.497 e. The Balaban J connectivity index is 2.63. The third-order valence-electron chi connectivity index (χ3n) is 3.10. The van der Waals surface area contributed by atoms with E-state index in [1.165, 1.54) is 4.90 Å². The molecule has 20 heavy (non-hydrogen) atoms. The molecule has 3 nitrogen and oxygen atoms in total. The van der Waals surface area contributed by atoms with Crippen LogP contribution in [0.2, 0.25) is 0 Å². The zero-order valence-corrected chi connectivity index (χ0v) is 14.0. The number of methoxy groups -OCH3 is 1. The molecular weight excluding hydrogens is 270 g/mol. The molecule has 0 amide bonds. The summed E-state index contributed by atoms with van der Waals surface area (Å²) in [6.07, 6.45) is 0.906. The molecule has 0 heterocycles. The van der Waals surface area contributed by atoms with Gasteiger partial charge in [0.25, 0.3) is 0 Å². The fourth-order valence-electron chi connectivity index (χ4n) is 2.45. The molecule has 1 aromatic rings. The van der Waals surface area contributed by atoms with Crippen molar-refractivity contribution in [2.75, 3.05) is 13.7 Å². The van der Waals surface area contributed by atoms with Gasteiger partial charge in [-0.2, -0.15) is 0 Å². The first-order chi connectivity index (χ1) is 9.38. The summed E-state index contributed by atoms with van der Waals surface area (Å²) in [4.78, 5) is 1.20. The van der Waals surface area contributed by atoms with Crippen LogP contribution in [0.15, 0.2) is 29.2 Å². The zero-order chi connectivity index (χ0) is 15.2. The molecule has 0 aliphatic rings. The minimum absolute atomic E-state index is 0.147. The molecule has 2 N–H and O–H groups in total. The lowest BCUT2D eigenvalue weighted by Gasteiger charge is -2.33. The van der Waals surface area contributed by atoms with E-state index in [2.05, 4.69) is 39.1 Å². The number of ether oxygens (including phenoxy) is 1. The highest BCUT2D eigenvalue weighted by atomic mass is 32.2. The lowest BCUT2D eigenvalue weighted by atomic mass is 9.96. The average Bonchev–Trinajstić information content (AvgIpc) is 2.37. The molecule has 0 saturated carbocycles. The van der Waals surface area contributed by atoms with Gasteiger partial charge in [0.05, 0.1) is 13.7 Å². The molecule has 0 radical (unpaired) electrons. The number of aliphatic hydroxyl groups excluding tert-OH is 1. The van der Waals surface area contributed by atoms with Crippen molar-refractivity contribution in [2.45, 2.75) is 55.8 Å². The maximum absolute atomic E-state index is 9.64. The quantitative estimate of drug-likeness (QED) is 0.722. The summed E-state index contributed by atoms with van der Waals surface area (Å²) in [5.74, 6) is 0.882. The maximum atomic E-state index is 9.64. The summed E-state index contributed by atoms with van der Waals surface area (Å²) in [5, 5.41) is 13.5. The Morgan fingerprint density at radius 1 is 1.35 bits per heavy atom. The molecule has 0 fully saturated rings. The van der Waals surface area contributed by atoms with Crippen LogP contribution in [0.5, 0.6) is 5.75 Å². The van der Waals surface area contributed by atoms with Crippen LogP contribution in [0, 0.1) is 0 Å². The van der Waals surface area contributed by atoms with E-state index in [4.69, 9.17) is 4.74 Å². The largest absolute Gasteiger partial charge is 0.497 e. The first-order valence-corrected chi connectivity index (χ1v) is 7.96. The molecule has 0 saturated heterocycles. The van der Waals surface area contributed by atoms with Gasteiger partial charge in [0, 0.05) is 21.7 Å². The van der Waals surface area contributed by atoms with Crippen molar-refractivity contribution in [1.29, 1.82) is 0 Å². The molecule has 1 rings (SSSR count). The lowest BCUT2D eigenvalue weighted by molar-refractivity contribution is 0.157. The van der Waals surface area contributed by atoms with Gasteiger partial charge in [-0.25, -0.2) is 0 Å². The summed E-state index contributed by atoms with van der Waals surface area (Å²) in [6, 6.07) is 8.46. The molecule has 0 aliphatic carbocycles. The van der Waals surface area contributed by atoms with Crippen LogP contribution in [-0.2, 0) is 0 Å². The molecule has 1 aromatic carbocycles. The molecule has 0 bridgehead atoms. The van der Waals surface area contributed by atoms with Crippen molar-refractivity contribution in [2.24, 2.45) is 0 Å². The average molecular weight is 297 g/mol. The fraction of sp³-hybridized carbons (Fsp3) is 0.625. The van der Waals surface area contributed by atoms with E-state index in [9.17, 15) is 5.11 Å². The monoisotopic (exact) mass is 297 g/mol. The number of hydrogen-bond acceptors (Lipinski definition) is 4. The SMILES string of the molecule is COc1cccc(SC(C)CC(C)(CO)NC(C)C)c1. The third kappa shape index (κ3) is 5.73. The molecule has 0 aromatic heterocycles.